The molecule has 1 aromatic heterocycles. The largest absolute Gasteiger partial charge is 0.476 e. The van der Waals surface area contributed by atoms with Gasteiger partial charge in [-0.05, 0) is 24.1 Å². The predicted molar refractivity (Wildman–Crippen MR) is 67.4 cm³/mol. The van der Waals surface area contributed by atoms with E-state index in [0.717, 1.165) is 17.5 Å². The van der Waals surface area contributed by atoms with E-state index in [9.17, 15) is 4.79 Å². The molecule has 17 heavy (non-hydrogen) atoms. The van der Waals surface area contributed by atoms with Crippen LogP contribution in [0.4, 0.5) is 0 Å². The summed E-state index contributed by atoms with van der Waals surface area (Å²) in [4.78, 5) is 10.9. The second kappa shape index (κ2) is 5.01. The van der Waals surface area contributed by atoms with Crippen LogP contribution < -0.4 is 0 Å². The van der Waals surface area contributed by atoms with Crippen molar-refractivity contribution in [2.45, 2.75) is 6.42 Å². The van der Waals surface area contributed by atoms with Crippen LogP contribution in [-0.2, 0) is 0 Å². The molecule has 2 aromatic rings. The molecule has 0 saturated heterocycles. The minimum absolute atomic E-state index is 0.0487. The molecule has 0 bridgehead atoms. The summed E-state index contributed by atoms with van der Waals surface area (Å²) in [5.74, 6) is -0.455. The van der Waals surface area contributed by atoms with E-state index in [1.165, 1.54) is 0 Å². The first kappa shape index (κ1) is 11.7. The molecule has 5 heteroatoms. The number of aromatic amines is 1. The zero-order valence-electron chi connectivity index (χ0n) is 8.98. The van der Waals surface area contributed by atoms with Gasteiger partial charge in [-0.3, -0.25) is 5.10 Å². The Hall–Kier alpha value is -1.81. The van der Waals surface area contributed by atoms with Crippen LogP contribution in [0, 0.1) is 0 Å². The zero-order valence-corrected chi connectivity index (χ0v) is 9.74. The molecule has 0 aliphatic carbocycles. The summed E-state index contributed by atoms with van der Waals surface area (Å²) in [5, 5.41) is 16.0. The Morgan fingerprint density at radius 3 is 3.06 bits per heavy atom. The molecule has 0 aliphatic rings. The molecule has 2 N–H and O–H groups in total. The van der Waals surface area contributed by atoms with Gasteiger partial charge in [0.1, 0.15) is 0 Å². The average Bonchev–Trinajstić information content (AvgIpc) is 2.72. The Bertz CT molecular complexity index is 575. The van der Waals surface area contributed by atoms with Crippen LogP contribution in [0.3, 0.4) is 0 Å². The molecule has 0 unspecified atom stereocenters. The number of halogens is 1. The number of allylic oxidation sites excluding steroid dienone is 1. The average molecular weight is 251 g/mol. The van der Waals surface area contributed by atoms with Gasteiger partial charge in [-0.25, -0.2) is 4.79 Å². The van der Waals surface area contributed by atoms with Crippen LogP contribution in [0.1, 0.15) is 22.5 Å². The van der Waals surface area contributed by atoms with Gasteiger partial charge in [0.05, 0.1) is 5.52 Å². The fourth-order valence-electron chi connectivity index (χ4n) is 1.58. The third-order valence-corrected chi connectivity index (χ3v) is 2.59. The van der Waals surface area contributed by atoms with Crippen LogP contribution in [-0.4, -0.2) is 27.2 Å². The SMILES string of the molecule is O=C(O)c1n[nH]c2ccc(C=CCCCl)cc12. The maximum Gasteiger partial charge on any atom is 0.357 e. The number of hydrogen-bond donors (Lipinski definition) is 2. The number of alkyl halides is 1. The molecule has 0 aliphatic heterocycles. The van der Waals surface area contributed by atoms with Crippen molar-refractivity contribution >= 4 is 34.5 Å². The molecule has 4 nitrogen and oxygen atoms in total. The number of carbonyl (C=O) groups is 1. The summed E-state index contributed by atoms with van der Waals surface area (Å²) in [6.07, 6.45) is 4.66. The van der Waals surface area contributed by atoms with Gasteiger partial charge in [-0.15, -0.1) is 11.6 Å². The van der Waals surface area contributed by atoms with Gasteiger partial charge in [-0.1, -0.05) is 18.2 Å². The lowest BCUT2D eigenvalue weighted by Crippen LogP contribution is -1.96. The van der Waals surface area contributed by atoms with E-state index in [2.05, 4.69) is 10.2 Å². The molecule has 0 amide bonds. The molecule has 88 valence electrons. The Morgan fingerprint density at radius 2 is 2.35 bits per heavy atom. The number of aromatic nitrogens is 2. The van der Waals surface area contributed by atoms with Crippen molar-refractivity contribution in [2.75, 3.05) is 5.88 Å². The standard InChI is InChI=1S/C12H11ClN2O2/c13-6-2-1-3-8-4-5-10-9(7-8)11(12(16)17)15-14-10/h1,3-5,7H,2,6H2,(H,14,15)(H,16,17). The molecule has 2 rings (SSSR count). The highest BCUT2D eigenvalue weighted by atomic mass is 35.5. The van der Waals surface area contributed by atoms with Gasteiger partial charge in [0.25, 0.3) is 0 Å². The number of hydrogen-bond acceptors (Lipinski definition) is 2. The van der Waals surface area contributed by atoms with Gasteiger partial charge < -0.3 is 5.11 Å². The number of carboxylic acid groups (broad SMARTS) is 1. The van der Waals surface area contributed by atoms with Crippen LogP contribution in [0.5, 0.6) is 0 Å². The van der Waals surface area contributed by atoms with E-state index in [4.69, 9.17) is 16.7 Å². The first-order valence-electron chi connectivity index (χ1n) is 5.16. The summed E-state index contributed by atoms with van der Waals surface area (Å²) < 4.78 is 0. The van der Waals surface area contributed by atoms with E-state index >= 15 is 0 Å². The third-order valence-electron chi connectivity index (χ3n) is 2.38. The van der Waals surface area contributed by atoms with Gasteiger partial charge in [0.2, 0.25) is 0 Å². The predicted octanol–water partition coefficient (Wildman–Crippen LogP) is 2.90. The number of nitrogens with one attached hydrogen (secondary N) is 1. The number of carboxylic acids is 1. The normalized spacial score (nSPS) is 11.4. The van der Waals surface area contributed by atoms with Gasteiger partial charge >= 0.3 is 5.97 Å². The molecular formula is C12H11ClN2O2. The van der Waals surface area contributed by atoms with Crippen LogP contribution in [0.2, 0.25) is 0 Å². The zero-order chi connectivity index (χ0) is 12.3. The first-order valence-corrected chi connectivity index (χ1v) is 5.70. The highest BCUT2D eigenvalue weighted by Gasteiger charge is 2.12. The monoisotopic (exact) mass is 250 g/mol. The van der Waals surface area contributed by atoms with Gasteiger partial charge in [-0.2, -0.15) is 5.10 Å². The fourth-order valence-corrected chi connectivity index (χ4v) is 1.71. The molecule has 0 atom stereocenters. The number of benzene rings is 1. The lowest BCUT2D eigenvalue weighted by molar-refractivity contribution is 0.0692. The number of rotatable bonds is 4. The van der Waals surface area contributed by atoms with E-state index in [-0.39, 0.29) is 5.69 Å². The minimum Gasteiger partial charge on any atom is -0.476 e. The van der Waals surface area contributed by atoms with Crippen molar-refractivity contribution in [2.24, 2.45) is 0 Å². The van der Waals surface area contributed by atoms with Crippen LogP contribution >= 0.6 is 11.6 Å². The lowest BCUT2D eigenvalue weighted by atomic mass is 10.1. The van der Waals surface area contributed by atoms with Gasteiger partial charge in [0.15, 0.2) is 5.69 Å². The van der Waals surface area contributed by atoms with Crippen molar-refractivity contribution in [3.05, 3.63) is 35.5 Å². The number of fused-ring (bicyclic) bond motifs is 1. The smallest absolute Gasteiger partial charge is 0.357 e. The Balaban J connectivity index is 2.41. The highest BCUT2D eigenvalue weighted by molar-refractivity contribution is 6.17. The second-order valence-corrected chi connectivity index (χ2v) is 3.94. The molecule has 0 radical (unpaired) electrons. The summed E-state index contributed by atoms with van der Waals surface area (Å²) in [7, 11) is 0. The van der Waals surface area contributed by atoms with Crippen LogP contribution in [0.15, 0.2) is 24.3 Å². The molecule has 1 aromatic carbocycles. The van der Waals surface area contributed by atoms with Crippen molar-refractivity contribution in [3.8, 4) is 0 Å². The number of aromatic carboxylic acids is 1. The highest BCUT2D eigenvalue weighted by Crippen LogP contribution is 2.18. The maximum absolute atomic E-state index is 10.9. The van der Waals surface area contributed by atoms with Crippen molar-refractivity contribution in [1.29, 1.82) is 0 Å². The minimum atomic E-state index is -1.03. The molecule has 0 saturated carbocycles. The van der Waals surface area contributed by atoms with E-state index in [1.54, 1.807) is 6.07 Å². The van der Waals surface area contributed by atoms with Crippen LogP contribution in [0.25, 0.3) is 17.0 Å². The molecular weight excluding hydrogens is 240 g/mol. The van der Waals surface area contributed by atoms with E-state index < -0.39 is 5.97 Å². The fraction of sp³-hybridized carbons (Fsp3) is 0.167. The number of nitrogens with zero attached hydrogens (tertiary/aromatic N) is 1. The Kier molecular flexibility index (Phi) is 3.44. The summed E-state index contributed by atoms with van der Waals surface area (Å²) in [5.41, 5.74) is 1.70. The van der Waals surface area contributed by atoms with E-state index in [0.29, 0.717) is 11.3 Å². The topological polar surface area (TPSA) is 66.0 Å². The van der Waals surface area contributed by atoms with Crippen molar-refractivity contribution < 1.29 is 9.90 Å². The maximum atomic E-state index is 10.9. The molecule has 0 fully saturated rings. The summed E-state index contributed by atoms with van der Waals surface area (Å²) in [6.45, 7) is 0. The quantitative estimate of drug-likeness (QED) is 0.820. The second-order valence-electron chi connectivity index (χ2n) is 3.56. The number of H-pyrrole nitrogens is 1. The van der Waals surface area contributed by atoms with Gasteiger partial charge in [0, 0.05) is 11.3 Å². The molecule has 0 spiro atoms. The van der Waals surface area contributed by atoms with Crippen molar-refractivity contribution in [1.82, 2.24) is 10.2 Å². The van der Waals surface area contributed by atoms with Crippen molar-refractivity contribution in [3.63, 3.8) is 0 Å². The lowest BCUT2D eigenvalue weighted by Gasteiger charge is -1.95. The Labute approximate surface area is 103 Å². The summed E-state index contributed by atoms with van der Waals surface area (Å²) >= 11 is 5.57. The summed E-state index contributed by atoms with van der Waals surface area (Å²) in [6, 6.07) is 5.51. The molecule has 1 heterocycles. The van der Waals surface area contributed by atoms with E-state index in [1.807, 2.05) is 24.3 Å². The Morgan fingerprint density at radius 1 is 1.53 bits per heavy atom. The first-order chi connectivity index (χ1) is 8.22. The third kappa shape index (κ3) is 2.47.